The van der Waals surface area contributed by atoms with Gasteiger partial charge in [-0.1, -0.05) is 6.58 Å². The van der Waals surface area contributed by atoms with Crippen molar-refractivity contribution in [3.8, 4) is 0 Å². The molecule has 1 amide bonds. The van der Waals surface area contributed by atoms with Crippen LogP contribution in [-0.4, -0.2) is 41.4 Å². The van der Waals surface area contributed by atoms with Gasteiger partial charge in [-0.3, -0.25) is 4.79 Å². The molecule has 0 aromatic rings. The minimum atomic E-state index is 0.00648. The number of rotatable bonds is 3. The second kappa shape index (κ2) is 4.67. The van der Waals surface area contributed by atoms with Crippen LogP contribution in [0, 0.1) is 0 Å². The lowest BCUT2D eigenvalue weighted by Crippen LogP contribution is -2.36. The zero-order valence-electron chi connectivity index (χ0n) is 7.90. The number of thioether (sulfide) groups is 1. The molecule has 1 heterocycles. The number of carbonyl (C=O) groups excluding carboxylic acids is 1. The van der Waals surface area contributed by atoms with Crippen LogP contribution in [0.3, 0.4) is 0 Å². The van der Waals surface area contributed by atoms with Crippen LogP contribution >= 0.6 is 11.8 Å². The number of hydrogen-bond donors (Lipinski definition) is 1. The topological polar surface area (TPSA) is 46.3 Å². The first-order valence-electron chi connectivity index (χ1n) is 4.36. The first-order chi connectivity index (χ1) is 6.19. The second-order valence-corrected chi connectivity index (χ2v) is 4.21. The largest absolute Gasteiger partial charge is 0.334 e. The summed E-state index contributed by atoms with van der Waals surface area (Å²) in [6.45, 7) is 4.16. The molecule has 4 heteroatoms. The Morgan fingerprint density at radius 1 is 1.85 bits per heavy atom. The van der Waals surface area contributed by atoms with Crippen LogP contribution in [0.15, 0.2) is 12.7 Å². The fourth-order valence-corrected chi connectivity index (χ4v) is 2.39. The van der Waals surface area contributed by atoms with E-state index in [0.29, 0.717) is 12.6 Å². The van der Waals surface area contributed by atoms with Gasteiger partial charge in [0.15, 0.2) is 0 Å². The lowest BCUT2D eigenvalue weighted by Gasteiger charge is -2.22. The highest BCUT2D eigenvalue weighted by atomic mass is 32.2. The van der Waals surface area contributed by atoms with Crippen molar-refractivity contribution in [3.63, 3.8) is 0 Å². The molecule has 0 unspecified atom stereocenters. The first-order valence-corrected chi connectivity index (χ1v) is 5.76. The third-order valence-corrected chi connectivity index (χ3v) is 2.98. The zero-order valence-corrected chi connectivity index (χ0v) is 8.72. The van der Waals surface area contributed by atoms with Gasteiger partial charge in [-0.2, -0.15) is 11.8 Å². The highest BCUT2D eigenvalue weighted by Crippen LogP contribution is 2.19. The molecular weight excluding hydrogens is 184 g/mol. The van der Waals surface area contributed by atoms with E-state index >= 15 is 0 Å². The van der Waals surface area contributed by atoms with E-state index in [4.69, 9.17) is 5.73 Å². The molecule has 0 aliphatic carbocycles. The second-order valence-electron chi connectivity index (χ2n) is 3.30. The summed E-state index contributed by atoms with van der Waals surface area (Å²) in [5.41, 5.74) is 5.80. The quantitative estimate of drug-likeness (QED) is 0.673. The predicted molar refractivity (Wildman–Crippen MR) is 56.7 cm³/mol. The average molecular weight is 200 g/mol. The minimum Gasteiger partial charge on any atom is -0.334 e. The highest BCUT2D eigenvalue weighted by molar-refractivity contribution is 7.98. The number of nitrogens with two attached hydrogens (primary N) is 1. The third kappa shape index (κ3) is 2.48. The lowest BCUT2D eigenvalue weighted by atomic mass is 10.2. The Balaban J connectivity index is 2.59. The predicted octanol–water partition coefficient (Wildman–Crippen LogP) is 0.464. The van der Waals surface area contributed by atoms with Gasteiger partial charge in [0.05, 0.1) is 0 Å². The van der Waals surface area contributed by atoms with E-state index in [2.05, 4.69) is 6.58 Å². The zero-order chi connectivity index (χ0) is 9.84. The normalized spacial score (nSPS) is 27.7. The monoisotopic (exact) mass is 200 g/mol. The summed E-state index contributed by atoms with van der Waals surface area (Å²) >= 11 is 1.75. The van der Waals surface area contributed by atoms with Crippen LogP contribution in [-0.2, 0) is 4.79 Å². The summed E-state index contributed by atoms with van der Waals surface area (Å²) in [5.74, 6) is 0.972. The molecule has 0 saturated carbocycles. The minimum absolute atomic E-state index is 0.00648. The smallest absolute Gasteiger partial charge is 0.246 e. The molecule has 0 spiro atoms. The number of nitrogens with zero attached hydrogens (tertiary/aromatic N) is 1. The van der Waals surface area contributed by atoms with Gasteiger partial charge in [-0.25, -0.2) is 0 Å². The number of likely N-dealkylation sites (tertiary alicyclic amines) is 1. The summed E-state index contributed by atoms with van der Waals surface area (Å²) in [7, 11) is 0. The van der Waals surface area contributed by atoms with Crippen LogP contribution in [0.4, 0.5) is 0 Å². The Morgan fingerprint density at radius 2 is 2.54 bits per heavy atom. The maximum absolute atomic E-state index is 11.4. The molecular formula is C9H16N2OS. The molecule has 0 radical (unpaired) electrons. The molecule has 1 aliphatic rings. The number of carbonyl (C=O) groups is 1. The molecule has 74 valence electrons. The molecule has 1 fully saturated rings. The third-order valence-electron chi connectivity index (χ3n) is 2.26. The summed E-state index contributed by atoms with van der Waals surface area (Å²) in [6, 6.07) is 0.441. The van der Waals surface area contributed by atoms with Gasteiger partial charge in [0.2, 0.25) is 5.91 Å². The van der Waals surface area contributed by atoms with Gasteiger partial charge in [0, 0.05) is 24.4 Å². The lowest BCUT2D eigenvalue weighted by molar-refractivity contribution is -0.126. The van der Waals surface area contributed by atoms with Crippen molar-refractivity contribution in [2.75, 3.05) is 18.6 Å². The van der Waals surface area contributed by atoms with Crippen molar-refractivity contribution in [3.05, 3.63) is 12.7 Å². The van der Waals surface area contributed by atoms with E-state index < -0.39 is 0 Å². The van der Waals surface area contributed by atoms with E-state index in [1.807, 2.05) is 11.2 Å². The molecule has 1 rings (SSSR count). The van der Waals surface area contributed by atoms with Crippen molar-refractivity contribution in [2.45, 2.75) is 18.5 Å². The Bertz CT molecular complexity index is 208. The highest BCUT2D eigenvalue weighted by Gasteiger charge is 2.31. The fraction of sp³-hybridized carbons (Fsp3) is 0.667. The van der Waals surface area contributed by atoms with Crippen LogP contribution in [0.25, 0.3) is 0 Å². The van der Waals surface area contributed by atoms with Crippen molar-refractivity contribution in [1.29, 1.82) is 0 Å². The van der Waals surface area contributed by atoms with Gasteiger partial charge in [0.1, 0.15) is 0 Å². The number of amides is 1. The van der Waals surface area contributed by atoms with E-state index in [0.717, 1.165) is 12.2 Å². The first kappa shape index (κ1) is 10.6. The van der Waals surface area contributed by atoms with Gasteiger partial charge in [0.25, 0.3) is 0 Å². The molecule has 0 aromatic heterocycles. The summed E-state index contributed by atoms with van der Waals surface area (Å²) < 4.78 is 0. The SMILES string of the molecule is C=CC(=O)N1C[C@@H](N)C[C@@H]1CSC. The summed E-state index contributed by atoms with van der Waals surface area (Å²) in [6.07, 6.45) is 4.33. The van der Waals surface area contributed by atoms with Crippen molar-refractivity contribution in [1.82, 2.24) is 4.90 Å². The van der Waals surface area contributed by atoms with Crippen molar-refractivity contribution < 1.29 is 4.79 Å². The Labute approximate surface area is 83.3 Å². The molecule has 3 nitrogen and oxygen atoms in total. The molecule has 0 aromatic carbocycles. The molecule has 1 saturated heterocycles. The van der Waals surface area contributed by atoms with Gasteiger partial charge in [-0.15, -0.1) is 0 Å². The average Bonchev–Trinajstić information content (AvgIpc) is 2.46. The van der Waals surface area contributed by atoms with Gasteiger partial charge in [-0.05, 0) is 18.8 Å². The van der Waals surface area contributed by atoms with Crippen LogP contribution < -0.4 is 5.73 Å². The standard InChI is InChI=1S/C9H16N2OS/c1-3-9(12)11-5-7(10)4-8(11)6-13-2/h3,7-8H,1,4-6,10H2,2H3/t7-,8+/m0/s1. The molecule has 2 N–H and O–H groups in total. The van der Waals surface area contributed by atoms with Crippen LogP contribution in [0.5, 0.6) is 0 Å². The van der Waals surface area contributed by atoms with Crippen molar-refractivity contribution in [2.24, 2.45) is 5.73 Å². The van der Waals surface area contributed by atoms with E-state index in [1.54, 1.807) is 11.8 Å². The van der Waals surface area contributed by atoms with E-state index in [1.165, 1.54) is 6.08 Å². The molecule has 1 aliphatic heterocycles. The Kier molecular flexibility index (Phi) is 3.81. The van der Waals surface area contributed by atoms with Crippen molar-refractivity contribution >= 4 is 17.7 Å². The van der Waals surface area contributed by atoms with E-state index in [9.17, 15) is 4.79 Å². The molecule has 13 heavy (non-hydrogen) atoms. The fourth-order valence-electron chi connectivity index (χ4n) is 1.69. The van der Waals surface area contributed by atoms with Crippen LogP contribution in [0.2, 0.25) is 0 Å². The molecule has 0 bridgehead atoms. The maximum Gasteiger partial charge on any atom is 0.246 e. The van der Waals surface area contributed by atoms with E-state index in [-0.39, 0.29) is 11.9 Å². The molecule has 2 atom stereocenters. The van der Waals surface area contributed by atoms with Gasteiger partial charge < -0.3 is 10.6 Å². The van der Waals surface area contributed by atoms with Crippen LogP contribution in [0.1, 0.15) is 6.42 Å². The number of hydrogen-bond acceptors (Lipinski definition) is 3. The van der Waals surface area contributed by atoms with Gasteiger partial charge >= 0.3 is 0 Å². The summed E-state index contributed by atoms with van der Waals surface area (Å²) in [4.78, 5) is 13.2. The Hall–Kier alpha value is -0.480. The maximum atomic E-state index is 11.4. The summed E-state index contributed by atoms with van der Waals surface area (Å²) in [5, 5.41) is 0. The Morgan fingerprint density at radius 3 is 3.08 bits per heavy atom.